The van der Waals surface area contributed by atoms with Gasteiger partial charge < -0.3 is 19.9 Å². The summed E-state index contributed by atoms with van der Waals surface area (Å²) in [5.41, 5.74) is 8.37. The number of fused-ring (bicyclic) bond motifs is 1. The summed E-state index contributed by atoms with van der Waals surface area (Å²) in [6, 6.07) is 9.17. The van der Waals surface area contributed by atoms with Crippen LogP contribution in [0.4, 0.5) is 5.69 Å². The van der Waals surface area contributed by atoms with Crippen LogP contribution in [0.15, 0.2) is 34.8 Å². The molecule has 21 heavy (non-hydrogen) atoms. The lowest BCUT2D eigenvalue weighted by Crippen LogP contribution is -2.14. The van der Waals surface area contributed by atoms with Crippen molar-refractivity contribution in [2.75, 3.05) is 12.5 Å². The van der Waals surface area contributed by atoms with Gasteiger partial charge in [-0.2, -0.15) is 0 Å². The van der Waals surface area contributed by atoms with Crippen LogP contribution in [0.2, 0.25) is 5.02 Å². The van der Waals surface area contributed by atoms with Crippen LogP contribution < -0.4 is 15.2 Å². The summed E-state index contributed by atoms with van der Waals surface area (Å²) in [7, 11) is 0. The normalized spacial score (nSPS) is 13.4. The first kappa shape index (κ1) is 14.5. The summed E-state index contributed by atoms with van der Waals surface area (Å²) in [6.07, 6.45) is 0. The fourth-order valence-electron chi connectivity index (χ4n) is 2.18. The molecular formula is C15H13BrClNO3. The highest BCUT2D eigenvalue weighted by Crippen LogP contribution is 2.33. The molecule has 1 aliphatic rings. The van der Waals surface area contributed by atoms with Gasteiger partial charge in [0.2, 0.25) is 0 Å². The second kappa shape index (κ2) is 6.13. The third-order valence-corrected chi connectivity index (χ3v) is 3.87. The molecule has 0 bridgehead atoms. The number of hydrogen-bond acceptors (Lipinski definition) is 4. The molecular weight excluding hydrogens is 358 g/mol. The Labute approximate surface area is 135 Å². The highest BCUT2D eigenvalue weighted by atomic mass is 79.9. The lowest BCUT2D eigenvalue weighted by Gasteiger charge is -2.21. The molecule has 0 radical (unpaired) electrons. The molecule has 4 nitrogen and oxygen atoms in total. The Balaban J connectivity index is 1.83. The van der Waals surface area contributed by atoms with Crippen molar-refractivity contribution >= 4 is 33.2 Å². The first-order chi connectivity index (χ1) is 10.1. The van der Waals surface area contributed by atoms with Crippen molar-refractivity contribution in [1.82, 2.24) is 0 Å². The molecule has 110 valence electrons. The maximum absolute atomic E-state index is 6.14. The number of rotatable bonds is 3. The SMILES string of the molecule is Nc1cc2c(c(COc3ccc(Br)cc3Cl)c1)OCOC2. The Hall–Kier alpha value is -1.43. The van der Waals surface area contributed by atoms with Gasteiger partial charge in [-0.05, 0) is 30.3 Å². The molecule has 0 amide bonds. The van der Waals surface area contributed by atoms with E-state index < -0.39 is 0 Å². The van der Waals surface area contributed by atoms with Gasteiger partial charge in [-0.15, -0.1) is 0 Å². The number of nitrogen functional groups attached to an aromatic ring is 1. The Morgan fingerprint density at radius 3 is 2.95 bits per heavy atom. The number of ether oxygens (including phenoxy) is 3. The topological polar surface area (TPSA) is 53.7 Å². The summed E-state index contributed by atoms with van der Waals surface area (Å²) in [5, 5.41) is 0.548. The van der Waals surface area contributed by atoms with Gasteiger partial charge in [0.15, 0.2) is 6.79 Å². The number of benzene rings is 2. The molecule has 1 aliphatic heterocycles. The van der Waals surface area contributed by atoms with Crippen molar-refractivity contribution in [3.05, 3.63) is 51.0 Å². The quantitative estimate of drug-likeness (QED) is 0.825. The second-order valence-corrected chi connectivity index (χ2v) is 5.97. The summed E-state index contributed by atoms with van der Waals surface area (Å²) in [4.78, 5) is 0. The molecule has 0 saturated heterocycles. The van der Waals surface area contributed by atoms with Crippen molar-refractivity contribution in [2.45, 2.75) is 13.2 Å². The number of nitrogens with two attached hydrogens (primary N) is 1. The molecule has 0 aliphatic carbocycles. The van der Waals surface area contributed by atoms with Gasteiger partial charge in [0.1, 0.15) is 18.1 Å². The van der Waals surface area contributed by atoms with E-state index in [4.69, 9.17) is 31.5 Å². The monoisotopic (exact) mass is 369 g/mol. The van der Waals surface area contributed by atoms with Gasteiger partial charge in [0.05, 0.1) is 11.6 Å². The van der Waals surface area contributed by atoms with Gasteiger partial charge >= 0.3 is 0 Å². The van der Waals surface area contributed by atoms with E-state index in [1.54, 1.807) is 6.07 Å². The highest BCUT2D eigenvalue weighted by molar-refractivity contribution is 9.10. The predicted octanol–water partition coefficient (Wildman–Crippen LogP) is 4.13. The standard InChI is InChI=1S/C15H13BrClNO3/c16-11-1-2-14(13(17)5-11)20-7-10-4-12(18)3-9-6-19-8-21-15(9)10/h1-5H,6-8,18H2. The van der Waals surface area contributed by atoms with Crippen LogP contribution in [0.1, 0.15) is 11.1 Å². The fourth-order valence-corrected chi connectivity index (χ4v) is 2.91. The third-order valence-electron chi connectivity index (χ3n) is 3.09. The summed E-state index contributed by atoms with van der Waals surface area (Å²) < 4.78 is 17.5. The Bertz CT molecular complexity index is 678. The number of anilines is 1. The first-order valence-corrected chi connectivity index (χ1v) is 7.50. The van der Waals surface area contributed by atoms with Crippen LogP contribution >= 0.6 is 27.5 Å². The lowest BCUT2D eigenvalue weighted by atomic mass is 10.1. The molecule has 2 aromatic carbocycles. The molecule has 0 fully saturated rings. The molecule has 0 spiro atoms. The van der Waals surface area contributed by atoms with E-state index in [9.17, 15) is 0 Å². The molecule has 2 N–H and O–H groups in total. The van der Waals surface area contributed by atoms with Gasteiger partial charge in [0.25, 0.3) is 0 Å². The average molecular weight is 371 g/mol. The van der Waals surface area contributed by atoms with Crippen LogP contribution in [0.25, 0.3) is 0 Å². The van der Waals surface area contributed by atoms with Crippen molar-refractivity contribution < 1.29 is 14.2 Å². The summed E-state index contributed by atoms with van der Waals surface area (Å²) in [6.45, 7) is 1.06. The number of hydrogen-bond donors (Lipinski definition) is 1. The fraction of sp³-hybridized carbons (Fsp3) is 0.200. The molecule has 0 saturated carbocycles. The molecule has 3 rings (SSSR count). The second-order valence-electron chi connectivity index (χ2n) is 4.64. The molecule has 0 atom stereocenters. The van der Waals surface area contributed by atoms with E-state index in [1.807, 2.05) is 24.3 Å². The van der Waals surface area contributed by atoms with Crippen molar-refractivity contribution in [1.29, 1.82) is 0 Å². The zero-order chi connectivity index (χ0) is 14.8. The maximum atomic E-state index is 6.14. The van der Waals surface area contributed by atoms with Gasteiger partial charge in [-0.3, -0.25) is 0 Å². The van der Waals surface area contributed by atoms with Crippen LogP contribution in [0.3, 0.4) is 0 Å². The van der Waals surface area contributed by atoms with E-state index in [1.165, 1.54) is 0 Å². The van der Waals surface area contributed by atoms with Crippen molar-refractivity contribution in [3.63, 3.8) is 0 Å². The Morgan fingerprint density at radius 1 is 1.29 bits per heavy atom. The minimum Gasteiger partial charge on any atom is -0.487 e. The van der Waals surface area contributed by atoms with Crippen molar-refractivity contribution in [2.24, 2.45) is 0 Å². The Kier molecular flexibility index (Phi) is 4.24. The molecule has 2 aromatic rings. The third kappa shape index (κ3) is 3.26. The van der Waals surface area contributed by atoms with E-state index in [-0.39, 0.29) is 6.79 Å². The largest absolute Gasteiger partial charge is 0.487 e. The van der Waals surface area contributed by atoms with E-state index in [0.717, 1.165) is 21.3 Å². The van der Waals surface area contributed by atoms with Gasteiger partial charge in [-0.25, -0.2) is 0 Å². The lowest BCUT2D eigenvalue weighted by molar-refractivity contribution is -0.0175. The number of halogens is 2. The summed E-state index contributed by atoms with van der Waals surface area (Å²) in [5.74, 6) is 1.40. The molecule has 1 heterocycles. The first-order valence-electron chi connectivity index (χ1n) is 6.33. The van der Waals surface area contributed by atoms with Gasteiger partial charge in [-0.1, -0.05) is 27.5 Å². The van der Waals surface area contributed by atoms with Crippen LogP contribution in [0.5, 0.6) is 11.5 Å². The maximum Gasteiger partial charge on any atom is 0.189 e. The van der Waals surface area contributed by atoms with E-state index in [2.05, 4.69) is 15.9 Å². The van der Waals surface area contributed by atoms with Crippen molar-refractivity contribution in [3.8, 4) is 11.5 Å². The average Bonchev–Trinajstić information content (AvgIpc) is 2.46. The zero-order valence-electron chi connectivity index (χ0n) is 11.1. The van der Waals surface area contributed by atoms with E-state index in [0.29, 0.717) is 29.7 Å². The van der Waals surface area contributed by atoms with E-state index >= 15 is 0 Å². The smallest absolute Gasteiger partial charge is 0.189 e. The predicted molar refractivity (Wildman–Crippen MR) is 84.6 cm³/mol. The minimum absolute atomic E-state index is 0.239. The molecule has 0 aromatic heterocycles. The summed E-state index contributed by atoms with van der Waals surface area (Å²) >= 11 is 9.50. The van der Waals surface area contributed by atoms with Crippen LogP contribution in [-0.2, 0) is 18.0 Å². The van der Waals surface area contributed by atoms with Crippen LogP contribution in [0, 0.1) is 0 Å². The highest BCUT2D eigenvalue weighted by Gasteiger charge is 2.17. The minimum atomic E-state index is 0.239. The molecule has 0 unspecified atom stereocenters. The Morgan fingerprint density at radius 2 is 2.14 bits per heavy atom. The molecule has 6 heteroatoms. The zero-order valence-corrected chi connectivity index (χ0v) is 13.4. The van der Waals surface area contributed by atoms with Gasteiger partial charge in [0, 0.05) is 21.3 Å². The van der Waals surface area contributed by atoms with Crippen LogP contribution in [-0.4, -0.2) is 6.79 Å².